The molecule has 1 aromatic carbocycles. The number of thiazole rings is 1. The SMILES string of the molecule is CCn1nc(C(=O)N(CC2CCCO2)c2nc3c(C(C)C)cccc3s2)cc1C. The van der Waals surface area contributed by atoms with Crippen molar-refractivity contribution in [3.05, 3.63) is 41.2 Å². The van der Waals surface area contributed by atoms with Gasteiger partial charge < -0.3 is 4.74 Å². The van der Waals surface area contributed by atoms with E-state index in [4.69, 9.17) is 9.72 Å². The van der Waals surface area contributed by atoms with E-state index in [1.54, 1.807) is 16.2 Å². The molecule has 1 unspecified atom stereocenters. The number of carbonyl (C=O) groups excluding carboxylic acids is 1. The predicted molar refractivity (Wildman–Crippen MR) is 117 cm³/mol. The molecule has 1 aliphatic rings. The molecular formula is C22H28N4O2S. The van der Waals surface area contributed by atoms with Gasteiger partial charge in [-0.1, -0.05) is 37.3 Å². The lowest BCUT2D eigenvalue weighted by Gasteiger charge is -2.22. The highest BCUT2D eigenvalue weighted by molar-refractivity contribution is 7.22. The lowest BCUT2D eigenvalue weighted by molar-refractivity contribution is 0.0912. The van der Waals surface area contributed by atoms with Crippen LogP contribution in [0, 0.1) is 6.92 Å². The molecule has 1 aliphatic heterocycles. The molecular weight excluding hydrogens is 384 g/mol. The fourth-order valence-corrected chi connectivity index (χ4v) is 4.86. The van der Waals surface area contributed by atoms with Crippen LogP contribution in [0.3, 0.4) is 0 Å². The molecule has 3 aromatic rings. The van der Waals surface area contributed by atoms with Crippen molar-refractivity contribution in [1.82, 2.24) is 14.8 Å². The summed E-state index contributed by atoms with van der Waals surface area (Å²) in [5.41, 5.74) is 3.65. The minimum Gasteiger partial charge on any atom is -0.376 e. The molecule has 0 spiro atoms. The quantitative estimate of drug-likeness (QED) is 0.585. The standard InChI is InChI=1S/C22H28N4O2S/c1-5-26-15(4)12-18(24-26)21(27)25(13-16-8-7-11-28-16)22-23-20-17(14(2)3)9-6-10-19(20)29-22/h6,9-10,12,14,16H,5,7-8,11,13H2,1-4H3. The molecule has 4 rings (SSSR count). The summed E-state index contributed by atoms with van der Waals surface area (Å²) in [6, 6.07) is 8.13. The van der Waals surface area contributed by atoms with E-state index >= 15 is 0 Å². The Hall–Kier alpha value is -2.25. The number of aromatic nitrogens is 3. The summed E-state index contributed by atoms with van der Waals surface area (Å²) < 4.78 is 8.79. The number of rotatable bonds is 6. The number of amides is 1. The molecule has 6 nitrogen and oxygen atoms in total. The first kappa shape index (κ1) is 20.0. The zero-order chi connectivity index (χ0) is 20.5. The fourth-order valence-electron chi connectivity index (χ4n) is 3.85. The largest absolute Gasteiger partial charge is 0.376 e. The highest BCUT2D eigenvalue weighted by atomic mass is 32.1. The van der Waals surface area contributed by atoms with E-state index in [0.717, 1.165) is 47.0 Å². The number of para-hydroxylation sites is 1. The zero-order valence-corrected chi connectivity index (χ0v) is 18.3. The second-order valence-electron chi connectivity index (χ2n) is 7.88. The van der Waals surface area contributed by atoms with Crippen LogP contribution in [0.5, 0.6) is 0 Å². The van der Waals surface area contributed by atoms with Crippen LogP contribution in [0.25, 0.3) is 10.2 Å². The molecule has 29 heavy (non-hydrogen) atoms. The lowest BCUT2D eigenvalue weighted by atomic mass is 10.0. The molecule has 3 heterocycles. The molecule has 0 aliphatic carbocycles. The van der Waals surface area contributed by atoms with Crippen LogP contribution in [-0.2, 0) is 11.3 Å². The van der Waals surface area contributed by atoms with Gasteiger partial charge in [-0.05, 0) is 50.3 Å². The Bertz CT molecular complexity index is 1020. The molecule has 154 valence electrons. The maximum absolute atomic E-state index is 13.5. The number of aryl methyl sites for hydroxylation is 2. The number of hydrogen-bond donors (Lipinski definition) is 0. The first-order valence-electron chi connectivity index (χ1n) is 10.3. The predicted octanol–water partition coefficient (Wildman–Crippen LogP) is 4.77. The summed E-state index contributed by atoms with van der Waals surface area (Å²) in [4.78, 5) is 20.1. The Morgan fingerprint density at radius 3 is 2.90 bits per heavy atom. The van der Waals surface area contributed by atoms with Gasteiger partial charge in [0.15, 0.2) is 10.8 Å². The molecule has 0 saturated carbocycles. The van der Waals surface area contributed by atoms with Gasteiger partial charge in [0, 0.05) is 18.8 Å². The summed E-state index contributed by atoms with van der Waals surface area (Å²) in [6.45, 7) is 10.3. The number of nitrogens with zero attached hydrogens (tertiary/aromatic N) is 4. The van der Waals surface area contributed by atoms with Crippen LogP contribution in [0.15, 0.2) is 24.3 Å². The third kappa shape index (κ3) is 3.94. The van der Waals surface area contributed by atoms with Gasteiger partial charge in [0.2, 0.25) is 0 Å². The molecule has 1 atom stereocenters. The smallest absolute Gasteiger partial charge is 0.280 e. The van der Waals surface area contributed by atoms with E-state index in [2.05, 4.69) is 37.1 Å². The van der Waals surface area contributed by atoms with E-state index in [1.165, 1.54) is 5.56 Å². The van der Waals surface area contributed by atoms with Crippen molar-refractivity contribution in [2.75, 3.05) is 18.1 Å². The molecule has 7 heteroatoms. The molecule has 1 saturated heterocycles. The van der Waals surface area contributed by atoms with Crippen molar-refractivity contribution in [2.24, 2.45) is 0 Å². The van der Waals surface area contributed by atoms with Crippen molar-refractivity contribution in [3.8, 4) is 0 Å². The lowest BCUT2D eigenvalue weighted by Crippen LogP contribution is -2.37. The monoisotopic (exact) mass is 412 g/mol. The molecule has 0 radical (unpaired) electrons. The van der Waals surface area contributed by atoms with Crippen LogP contribution < -0.4 is 4.90 Å². The summed E-state index contributed by atoms with van der Waals surface area (Å²) in [5, 5.41) is 5.23. The maximum Gasteiger partial charge on any atom is 0.280 e. The molecule has 2 aromatic heterocycles. The minimum atomic E-state index is -0.110. The number of ether oxygens (including phenoxy) is 1. The number of benzene rings is 1. The maximum atomic E-state index is 13.5. The Kier molecular flexibility index (Phi) is 5.69. The topological polar surface area (TPSA) is 60.2 Å². The minimum absolute atomic E-state index is 0.0462. The zero-order valence-electron chi connectivity index (χ0n) is 17.5. The number of fused-ring (bicyclic) bond motifs is 1. The van der Waals surface area contributed by atoms with Gasteiger partial charge in [-0.25, -0.2) is 4.98 Å². The summed E-state index contributed by atoms with van der Waals surface area (Å²) in [6.07, 6.45) is 2.05. The van der Waals surface area contributed by atoms with Crippen molar-refractivity contribution in [2.45, 2.75) is 59.1 Å². The summed E-state index contributed by atoms with van der Waals surface area (Å²) >= 11 is 1.56. The highest BCUT2D eigenvalue weighted by Gasteiger charge is 2.29. The van der Waals surface area contributed by atoms with Crippen LogP contribution in [0.4, 0.5) is 5.13 Å². The second kappa shape index (κ2) is 8.24. The highest BCUT2D eigenvalue weighted by Crippen LogP contribution is 2.34. The molecule has 0 bridgehead atoms. The average molecular weight is 413 g/mol. The van der Waals surface area contributed by atoms with Crippen LogP contribution in [-0.4, -0.2) is 39.9 Å². The van der Waals surface area contributed by atoms with E-state index < -0.39 is 0 Å². The molecule has 0 N–H and O–H groups in total. The van der Waals surface area contributed by atoms with Crippen LogP contribution >= 0.6 is 11.3 Å². The van der Waals surface area contributed by atoms with E-state index in [0.29, 0.717) is 18.2 Å². The Labute approximate surface area is 175 Å². The van der Waals surface area contributed by atoms with Crippen molar-refractivity contribution >= 4 is 32.6 Å². The Balaban J connectivity index is 1.74. The Morgan fingerprint density at radius 2 is 2.24 bits per heavy atom. The van der Waals surface area contributed by atoms with E-state index in [1.807, 2.05) is 24.6 Å². The molecule has 1 fully saturated rings. The molecule has 1 amide bonds. The number of hydrogen-bond acceptors (Lipinski definition) is 5. The van der Waals surface area contributed by atoms with Crippen LogP contribution in [0.2, 0.25) is 0 Å². The first-order chi connectivity index (χ1) is 14.0. The van der Waals surface area contributed by atoms with Gasteiger partial charge in [0.1, 0.15) is 0 Å². The van der Waals surface area contributed by atoms with Crippen molar-refractivity contribution in [3.63, 3.8) is 0 Å². The van der Waals surface area contributed by atoms with Gasteiger partial charge in [-0.3, -0.25) is 14.4 Å². The van der Waals surface area contributed by atoms with Crippen molar-refractivity contribution in [1.29, 1.82) is 0 Å². The average Bonchev–Trinajstić information content (AvgIpc) is 3.44. The third-order valence-electron chi connectivity index (χ3n) is 5.45. The van der Waals surface area contributed by atoms with Gasteiger partial charge in [-0.2, -0.15) is 5.10 Å². The fraction of sp³-hybridized carbons (Fsp3) is 0.500. The summed E-state index contributed by atoms with van der Waals surface area (Å²) in [5.74, 6) is 0.264. The first-order valence-corrected chi connectivity index (χ1v) is 11.2. The Morgan fingerprint density at radius 1 is 1.41 bits per heavy atom. The van der Waals surface area contributed by atoms with E-state index in [9.17, 15) is 4.79 Å². The van der Waals surface area contributed by atoms with Gasteiger partial charge >= 0.3 is 0 Å². The number of anilines is 1. The van der Waals surface area contributed by atoms with Crippen LogP contribution in [0.1, 0.15) is 61.3 Å². The van der Waals surface area contributed by atoms with Gasteiger partial charge in [0.25, 0.3) is 5.91 Å². The summed E-state index contributed by atoms with van der Waals surface area (Å²) in [7, 11) is 0. The second-order valence-corrected chi connectivity index (χ2v) is 8.89. The number of carbonyl (C=O) groups is 1. The van der Waals surface area contributed by atoms with E-state index in [-0.39, 0.29) is 12.0 Å². The normalized spacial score (nSPS) is 16.8. The third-order valence-corrected chi connectivity index (χ3v) is 6.49. The van der Waals surface area contributed by atoms with Gasteiger partial charge in [-0.15, -0.1) is 0 Å². The van der Waals surface area contributed by atoms with Crippen molar-refractivity contribution < 1.29 is 9.53 Å². The van der Waals surface area contributed by atoms with Gasteiger partial charge in [0.05, 0.1) is 22.9 Å².